The lowest BCUT2D eigenvalue weighted by Crippen LogP contribution is -2.60. The molecule has 1 N–H and O–H groups in total. The molecule has 1 unspecified atom stereocenters. The van der Waals surface area contributed by atoms with Gasteiger partial charge in [0, 0.05) is 46.3 Å². The molecule has 2 aromatic rings. The summed E-state index contributed by atoms with van der Waals surface area (Å²) in [5, 5.41) is 0.998. The lowest BCUT2D eigenvalue weighted by Gasteiger charge is -2.45. The Kier molecular flexibility index (Phi) is 3.63. The van der Waals surface area contributed by atoms with Crippen LogP contribution < -0.4 is 4.90 Å². The molecule has 2 amide bonds. The number of amides is 2. The minimum atomic E-state index is -0.214. The number of rotatable bonds is 3. The molecule has 8 heteroatoms. The Bertz CT molecular complexity index is 839. The van der Waals surface area contributed by atoms with Gasteiger partial charge in [0.05, 0.1) is 17.3 Å². The minimum absolute atomic E-state index is 0.0347. The predicted octanol–water partition coefficient (Wildman–Crippen LogP) is 0.392. The normalized spacial score (nSPS) is 21.1. The van der Waals surface area contributed by atoms with Crippen LogP contribution in [0, 0.1) is 12.8 Å². The third kappa shape index (κ3) is 2.61. The van der Waals surface area contributed by atoms with E-state index >= 15 is 0 Å². The molecule has 1 atom stereocenters. The predicted molar refractivity (Wildman–Crippen MR) is 93.1 cm³/mol. The molecule has 2 saturated heterocycles. The lowest BCUT2D eigenvalue weighted by atomic mass is 10.1. The van der Waals surface area contributed by atoms with E-state index < -0.39 is 0 Å². The first-order chi connectivity index (χ1) is 11.9. The van der Waals surface area contributed by atoms with Crippen LogP contribution in [0.15, 0.2) is 12.3 Å². The summed E-state index contributed by atoms with van der Waals surface area (Å²) in [6.45, 7) is 3.88. The highest BCUT2D eigenvalue weighted by Gasteiger charge is 2.43. The molecule has 2 aliphatic rings. The molecular formula is C17H22N6O2. The maximum atomic E-state index is 12.3. The number of anilines is 1. The van der Waals surface area contributed by atoms with Crippen LogP contribution >= 0.6 is 0 Å². The fourth-order valence-corrected chi connectivity index (χ4v) is 3.72. The summed E-state index contributed by atoms with van der Waals surface area (Å²) < 4.78 is 0. The number of likely N-dealkylation sites (tertiary alicyclic amines) is 1. The highest BCUT2D eigenvalue weighted by molar-refractivity contribution is 5.90. The Morgan fingerprint density at radius 2 is 2.04 bits per heavy atom. The first kappa shape index (κ1) is 15.9. The molecule has 0 spiro atoms. The van der Waals surface area contributed by atoms with Crippen LogP contribution in [0.3, 0.4) is 0 Å². The van der Waals surface area contributed by atoms with E-state index in [0.717, 1.165) is 35.8 Å². The van der Waals surface area contributed by atoms with Crippen molar-refractivity contribution in [2.24, 2.45) is 5.92 Å². The topological polar surface area (TPSA) is 85.4 Å². The van der Waals surface area contributed by atoms with Crippen molar-refractivity contribution >= 4 is 28.7 Å². The van der Waals surface area contributed by atoms with Crippen molar-refractivity contribution in [3.63, 3.8) is 0 Å². The van der Waals surface area contributed by atoms with E-state index in [1.54, 1.807) is 19.0 Å². The second-order valence-corrected chi connectivity index (χ2v) is 7.07. The Morgan fingerprint density at radius 3 is 2.76 bits per heavy atom. The zero-order chi connectivity index (χ0) is 17.7. The molecule has 132 valence electrons. The monoisotopic (exact) mass is 342 g/mol. The second-order valence-electron chi connectivity index (χ2n) is 7.07. The molecule has 0 aromatic carbocycles. The molecule has 4 rings (SSSR count). The molecule has 2 aromatic heterocycles. The third-order valence-corrected chi connectivity index (χ3v) is 5.06. The van der Waals surface area contributed by atoms with E-state index in [1.807, 2.05) is 24.1 Å². The third-order valence-electron chi connectivity index (χ3n) is 5.06. The van der Waals surface area contributed by atoms with Crippen molar-refractivity contribution in [1.82, 2.24) is 24.8 Å². The maximum Gasteiger partial charge on any atom is 0.227 e. The fourth-order valence-electron chi connectivity index (χ4n) is 3.72. The van der Waals surface area contributed by atoms with Crippen LogP contribution in [0.4, 0.5) is 5.82 Å². The van der Waals surface area contributed by atoms with Crippen LogP contribution in [0.2, 0.25) is 0 Å². The Hall–Kier alpha value is -2.64. The number of aryl methyl sites for hydroxylation is 1. The summed E-state index contributed by atoms with van der Waals surface area (Å²) in [5.74, 6) is 1.53. The Morgan fingerprint density at radius 1 is 1.28 bits per heavy atom. The number of carbonyl (C=O) groups is 2. The van der Waals surface area contributed by atoms with Crippen LogP contribution in [0.5, 0.6) is 0 Å². The molecule has 2 fully saturated rings. The molecule has 4 heterocycles. The number of hydrogen-bond acceptors (Lipinski definition) is 5. The Balaban J connectivity index is 1.46. The molecule has 0 aliphatic carbocycles. The van der Waals surface area contributed by atoms with E-state index in [2.05, 4.69) is 19.9 Å². The molecule has 0 saturated carbocycles. The van der Waals surface area contributed by atoms with Crippen LogP contribution in [0.1, 0.15) is 12.2 Å². The zero-order valence-electron chi connectivity index (χ0n) is 14.7. The standard InChI is InChI=1S/C17H22N6O2/c1-10-19-15-13(4-5-18-15)16(20-10)22-8-12(9-22)23-7-11(6-14(23)24)17(25)21(2)3/h4-5,11-12H,6-9H2,1-3H3,(H,18,19,20). The lowest BCUT2D eigenvalue weighted by molar-refractivity contribution is -0.133. The van der Waals surface area contributed by atoms with E-state index in [1.165, 1.54) is 0 Å². The van der Waals surface area contributed by atoms with Crippen molar-refractivity contribution in [3.8, 4) is 0 Å². The van der Waals surface area contributed by atoms with E-state index in [-0.39, 0.29) is 23.8 Å². The van der Waals surface area contributed by atoms with Crippen molar-refractivity contribution < 1.29 is 9.59 Å². The first-order valence-corrected chi connectivity index (χ1v) is 8.51. The van der Waals surface area contributed by atoms with Gasteiger partial charge in [0.25, 0.3) is 0 Å². The first-order valence-electron chi connectivity index (χ1n) is 8.51. The Labute approximate surface area is 145 Å². The number of aromatic amines is 1. The SMILES string of the molecule is Cc1nc(N2CC(N3CC(C(=O)N(C)C)CC3=O)C2)c2cc[nH]c2n1. The average molecular weight is 342 g/mol. The molecule has 0 radical (unpaired) electrons. The van der Waals surface area contributed by atoms with Gasteiger partial charge < -0.3 is 19.7 Å². The summed E-state index contributed by atoms with van der Waals surface area (Å²) in [7, 11) is 3.47. The number of fused-ring (bicyclic) bond motifs is 1. The average Bonchev–Trinajstić information content (AvgIpc) is 3.12. The van der Waals surface area contributed by atoms with E-state index in [0.29, 0.717) is 13.0 Å². The van der Waals surface area contributed by atoms with Crippen molar-refractivity contribution in [3.05, 3.63) is 18.1 Å². The van der Waals surface area contributed by atoms with Gasteiger partial charge in [-0.2, -0.15) is 0 Å². The molecule has 0 bridgehead atoms. The number of aromatic nitrogens is 3. The largest absolute Gasteiger partial charge is 0.352 e. The maximum absolute atomic E-state index is 12.3. The number of nitrogens with one attached hydrogen (secondary N) is 1. The van der Waals surface area contributed by atoms with Gasteiger partial charge in [-0.1, -0.05) is 0 Å². The van der Waals surface area contributed by atoms with Gasteiger partial charge in [0.15, 0.2) is 0 Å². The van der Waals surface area contributed by atoms with Gasteiger partial charge >= 0.3 is 0 Å². The fraction of sp³-hybridized carbons (Fsp3) is 0.529. The number of hydrogen-bond donors (Lipinski definition) is 1. The number of nitrogens with zero attached hydrogens (tertiary/aromatic N) is 5. The van der Waals surface area contributed by atoms with Crippen LogP contribution in [-0.4, -0.2) is 76.3 Å². The van der Waals surface area contributed by atoms with Crippen LogP contribution in [-0.2, 0) is 9.59 Å². The smallest absolute Gasteiger partial charge is 0.227 e. The van der Waals surface area contributed by atoms with E-state index in [9.17, 15) is 9.59 Å². The van der Waals surface area contributed by atoms with Gasteiger partial charge in [-0.3, -0.25) is 9.59 Å². The quantitative estimate of drug-likeness (QED) is 0.872. The summed E-state index contributed by atoms with van der Waals surface area (Å²) in [4.78, 5) is 42.1. The summed E-state index contributed by atoms with van der Waals surface area (Å²) in [6, 6.07) is 2.13. The minimum Gasteiger partial charge on any atom is -0.352 e. The molecular weight excluding hydrogens is 320 g/mol. The van der Waals surface area contributed by atoms with Gasteiger partial charge in [0.1, 0.15) is 17.3 Å². The second kappa shape index (κ2) is 5.72. The summed E-state index contributed by atoms with van der Waals surface area (Å²) in [5.41, 5.74) is 0.833. The van der Waals surface area contributed by atoms with Crippen molar-refractivity contribution in [2.75, 3.05) is 38.6 Å². The van der Waals surface area contributed by atoms with Gasteiger partial charge in [-0.25, -0.2) is 9.97 Å². The van der Waals surface area contributed by atoms with Gasteiger partial charge in [0.2, 0.25) is 11.8 Å². The van der Waals surface area contributed by atoms with E-state index in [4.69, 9.17) is 0 Å². The molecule has 2 aliphatic heterocycles. The number of H-pyrrole nitrogens is 1. The number of carbonyl (C=O) groups excluding carboxylic acids is 2. The molecule has 8 nitrogen and oxygen atoms in total. The highest BCUT2D eigenvalue weighted by Crippen LogP contribution is 2.31. The highest BCUT2D eigenvalue weighted by atomic mass is 16.2. The van der Waals surface area contributed by atoms with Crippen LogP contribution in [0.25, 0.3) is 11.0 Å². The van der Waals surface area contributed by atoms with Gasteiger partial charge in [-0.15, -0.1) is 0 Å². The van der Waals surface area contributed by atoms with Crippen molar-refractivity contribution in [2.45, 2.75) is 19.4 Å². The summed E-state index contributed by atoms with van der Waals surface area (Å²) in [6.07, 6.45) is 2.18. The zero-order valence-corrected chi connectivity index (χ0v) is 14.7. The van der Waals surface area contributed by atoms with Gasteiger partial charge in [-0.05, 0) is 13.0 Å². The van der Waals surface area contributed by atoms with Crippen molar-refractivity contribution in [1.29, 1.82) is 0 Å². The summed E-state index contributed by atoms with van der Waals surface area (Å²) >= 11 is 0. The molecule has 25 heavy (non-hydrogen) atoms.